The van der Waals surface area contributed by atoms with Crippen LogP contribution in [0.1, 0.15) is 29.3 Å². The van der Waals surface area contributed by atoms with Crippen molar-refractivity contribution in [3.63, 3.8) is 0 Å². The molecule has 2 aromatic heterocycles. The average Bonchev–Trinajstić information content (AvgIpc) is 2.85. The smallest absolute Gasteiger partial charge is 0.163 e. The molecule has 3 nitrogen and oxygen atoms in total. The summed E-state index contributed by atoms with van der Waals surface area (Å²) in [6.07, 6.45) is 3.49. The maximum atomic E-state index is 6.28. The van der Waals surface area contributed by atoms with Crippen molar-refractivity contribution >= 4 is 27.4 Å². The SMILES string of the molecule is Cc1ccc(-c2nc(N)c3c4c(sc3n2)CC(C)CC4)cc1. The molecule has 1 aromatic carbocycles. The van der Waals surface area contributed by atoms with E-state index in [2.05, 4.69) is 43.1 Å². The number of thiophene rings is 1. The molecule has 1 atom stereocenters. The van der Waals surface area contributed by atoms with Crippen LogP contribution in [0, 0.1) is 12.8 Å². The van der Waals surface area contributed by atoms with Crippen molar-refractivity contribution in [1.29, 1.82) is 0 Å². The van der Waals surface area contributed by atoms with Gasteiger partial charge in [0.15, 0.2) is 5.82 Å². The zero-order chi connectivity index (χ0) is 15.3. The molecule has 2 N–H and O–H groups in total. The van der Waals surface area contributed by atoms with Gasteiger partial charge >= 0.3 is 0 Å². The summed E-state index contributed by atoms with van der Waals surface area (Å²) in [5.41, 5.74) is 9.94. The summed E-state index contributed by atoms with van der Waals surface area (Å²) in [7, 11) is 0. The molecule has 3 aromatic rings. The van der Waals surface area contributed by atoms with E-state index in [0.29, 0.717) is 5.82 Å². The Morgan fingerprint density at radius 1 is 1.18 bits per heavy atom. The maximum absolute atomic E-state index is 6.28. The molecule has 112 valence electrons. The van der Waals surface area contributed by atoms with Crippen LogP contribution < -0.4 is 5.73 Å². The van der Waals surface area contributed by atoms with Gasteiger partial charge in [0.2, 0.25) is 0 Å². The Bertz CT molecular complexity index is 849. The molecule has 0 saturated carbocycles. The summed E-state index contributed by atoms with van der Waals surface area (Å²) in [4.78, 5) is 11.9. The van der Waals surface area contributed by atoms with Crippen molar-refractivity contribution in [2.45, 2.75) is 33.1 Å². The minimum Gasteiger partial charge on any atom is -0.383 e. The van der Waals surface area contributed by atoms with Crippen LogP contribution in [-0.4, -0.2) is 9.97 Å². The van der Waals surface area contributed by atoms with E-state index in [1.807, 2.05) is 0 Å². The summed E-state index contributed by atoms with van der Waals surface area (Å²) in [5, 5.41) is 1.10. The largest absolute Gasteiger partial charge is 0.383 e. The van der Waals surface area contributed by atoms with Gasteiger partial charge in [-0.15, -0.1) is 11.3 Å². The molecular weight excluding hydrogens is 290 g/mol. The summed E-state index contributed by atoms with van der Waals surface area (Å²) in [5.74, 6) is 2.12. The summed E-state index contributed by atoms with van der Waals surface area (Å²) < 4.78 is 0. The van der Waals surface area contributed by atoms with Gasteiger partial charge in [0.05, 0.1) is 5.39 Å². The van der Waals surface area contributed by atoms with Crippen LogP contribution in [-0.2, 0) is 12.8 Å². The molecule has 4 heteroatoms. The number of nitrogens with zero attached hydrogens (tertiary/aromatic N) is 2. The van der Waals surface area contributed by atoms with Crippen LogP contribution in [0.3, 0.4) is 0 Å². The van der Waals surface area contributed by atoms with E-state index in [4.69, 9.17) is 10.7 Å². The predicted octanol–water partition coefficient (Wildman–Crippen LogP) is 4.37. The van der Waals surface area contributed by atoms with E-state index in [1.165, 1.54) is 22.4 Å². The Kier molecular flexibility index (Phi) is 3.15. The highest BCUT2D eigenvalue weighted by molar-refractivity contribution is 7.19. The summed E-state index contributed by atoms with van der Waals surface area (Å²) in [6, 6.07) is 8.29. The van der Waals surface area contributed by atoms with Crippen molar-refractivity contribution in [2.75, 3.05) is 5.73 Å². The van der Waals surface area contributed by atoms with Crippen LogP contribution in [0.15, 0.2) is 24.3 Å². The first kappa shape index (κ1) is 13.7. The molecule has 1 unspecified atom stereocenters. The van der Waals surface area contributed by atoms with Gasteiger partial charge in [-0.25, -0.2) is 9.97 Å². The zero-order valence-corrected chi connectivity index (χ0v) is 13.7. The number of nitrogen functional groups attached to an aromatic ring is 1. The first-order valence-electron chi connectivity index (χ1n) is 7.76. The molecule has 2 heterocycles. The number of aryl methyl sites for hydroxylation is 2. The molecule has 22 heavy (non-hydrogen) atoms. The third kappa shape index (κ3) is 2.18. The minimum absolute atomic E-state index is 0.632. The molecule has 4 rings (SSSR count). The quantitative estimate of drug-likeness (QED) is 0.726. The van der Waals surface area contributed by atoms with Gasteiger partial charge in [-0.2, -0.15) is 0 Å². The van der Waals surface area contributed by atoms with E-state index >= 15 is 0 Å². The van der Waals surface area contributed by atoms with Crippen LogP contribution in [0.4, 0.5) is 5.82 Å². The van der Waals surface area contributed by atoms with Crippen molar-refractivity contribution in [3.8, 4) is 11.4 Å². The molecular formula is C18H19N3S. The van der Waals surface area contributed by atoms with Gasteiger partial charge in [-0.1, -0.05) is 36.8 Å². The highest BCUT2D eigenvalue weighted by Crippen LogP contribution is 2.39. The molecule has 1 aliphatic carbocycles. The van der Waals surface area contributed by atoms with Crippen molar-refractivity contribution < 1.29 is 0 Å². The molecule has 0 bridgehead atoms. The molecule has 0 fully saturated rings. The normalized spacial score (nSPS) is 17.6. The lowest BCUT2D eigenvalue weighted by atomic mass is 9.89. The number of hydrogen-bond acceptors (Lipinski definition) is 4. The monoisotopic (exact) mass is 309 g/mol. The van der Waals surface area contributed by atoms with Crippen LogP contribution >= 0.6 is 11.3 Å². The Balaban J connectivity index is 1.88. The Morgan fingerprint density at radius 3 is 2.73 bits per heavy atom. The second-order valence-corrected chi connectivity index (χ2v) is 7.41. The lowest BCUT2D eigenvalue weighted by molar-refractivity contribution is 0.509. The minimum atomic E-state index is 0.632. The molecule has 0 spiro atoms. The zero-order valence-electron chi connectivity index (χ0n) is 12.9. The van der Waals surface area contributed by atoms with E-state index in [1.54, 1.807) is 11.3 Å². The number of nitrogens with two attached hydrogens (primary N) is 1. The third-order valence-corrected chi connectivity index (χ3v) is 5.64. The summed E-state index contributed by atoms with van der Waals surface area (Å²) in [6.45, 7) is 4.40. The fourth-order valence-electron chi connectivity index (χ4n) is 3.20. The maximum Gasteiger partial charge on any atom is 0.163 e. The van der Waals surface area contributed by atoms with Gasteiger partial charge in [0.25, 0.3) is 0 Å². The highest BCUT2D eigenvalue weighted by Gasteiger charge is 2.23. The second kappa shape index (κ2) is 5.06. The predicted molar refractivity (Wildman–Crippen MR) is 93.2 cm³/mol. The lowest BCUT2D eigenvalue weighted by Crippen LogP contribution is -2.09. The fourth-order valence-corrected chi connectivity index (χ4v) is 4.59. The van der Waals surface area contributed by atoms with E-state index in [-0.39, 0.29) is 0 Å². The standard InChI is InChI=1S/C18H19N3S/c1-10-3-6-12(7-4-10)17-20-16(19)15-13-8-5-11(2)9-14(13)22-18(15)21-17/h3-4,6-7,11H,5,8-9H2,1-2H3,(H2,19,20,21). The Morgan fingerprint density at radius 2 is 1.95 bits per heavy atom. The van der Waals surface area contributed by atoms with E-state index < -0.39 is 0 Å². The number of aromatic nitrogens is 2. The third-order valence-electron chi connectivity index (χ3n) is 4.49. The molecule has 0 aliphatic heterocycles. The number of hydrogen-bond donors (Lipinski definition) is 1. The Labute approximate surface area is 134 Å². The van der Waals surface area contributed by atoms with Gasteiger partial charge in [-0.3, -0.25) is 0 Å². The number of rotatable bonds is 1. The average molecular weight is 309 g/mol. The van der Waals surface area contributed by atoms with Gasteiger partial charge in [0, 0.05) is 10.4 Å². The Hall–Kier alpha value is -1.94. The van der Waals surface area contributed by atoms with E-state index in [9.17, 15) is 0 Å². The van der Waals surface area contributed by atoms with Crippen LogP contribution in [0.25, 0.3) is 21.6 Å². The first-order valence-corrected chi connectivity index (χ1v) is 8.58. The van der Waals surface area contributed by atoms with Crippen LogP contribution in [0.5, 0.6) is 0 Å². The van der Waals surface area contributed by atoms with Crippen molar-refractivity contribution in [1.82, 2.24) is 9.97 Å². The van der Waals surface area contributed by atoms with Crippen LogP contribution in [0.2, 0.25) is 0 Å². The van der Waals surface area contributed by atoms with Crippen molar-refractivity contribution in [2.24, 2.45) is 5.92 Å². The van der Waals surface area contributed by atoms with Crippen molar-refractivity contribution in [3.05, 3.63) is 40.3 Å². The number of benzene rings is 1. The van der Waals surface area contributed by atoms with Gasteiger partial charge in [0.1, 0.15) is 10.6 Å². The highest BCUT2D eigenvalue weighted by atomic mass is 32.1. The molecule has 0 radical (unpaired) electrons. The molecule has 0 saturated heterocycles. The second-order valence-electron chi connectivity index (χ2n) is 6.33. The number of fused-ring (bicyclic) bond motifs is 3. The fraction of sp³-hybridized carbons (Fsp3) is 0.333. The van der Waals surface area contributed by atoms with Gasteiger partial charge < -0.3 is 5.73 Å². The lowest BCUT2D eigenvalue weighted by Gasteiger charge is -2.17. The van der Waals surface area contributed by atoms with E-state index in [0.717, 1.165) is 40.4 Å². The topological polar surface area (TPSA) is 51.8 Å². The molecule has 1 aliphatic rings. The number of anilines is 1. The summed E-state index contributed by atoms with van der Waals surface area (Å²) >= 11 is 1.80. The van der Waals surface area contributed by atoms with Gasteiger partial charge in [-0.05, 0) is 37.7 Å². The molecule has 0 amide bonds. The first-order chi connectivity index (χ1) is 10.6.